The quantitative estimate of drug-likeness (QED) is 0.0370. The fraction of sp³-hybridized carbons (Fsp3) is 0.826. The van der Waals surface area contributed by atoms with Gasteiger partial charge in [-0.2, -0.15) is 0 Å². The highest BCUT2D eigenvalue weighted by Gasteiger charge is 2.19. The molecule has 0 radical (unpaired) electrons. The number of aliphatic hydroxyl groups excluding tert-OH is 2. The molecule has 0 saturated carbocycles. The minimum absolute atomic E-state index is 0.295. The van der Waals surface area contributed by atoms with Crippen LogP contribution < -0.4 is 11.5 Å². The molecular formula is C46H90N4O2. The van der Waals surface area contributed by atoms with E-state index in [9.17, 15) is 10.2 Å². The first-order chi connectivity index (χ1) is 25.5. The van der Waals surface area contributed by atoms with E-state index in [2.05, 4.69) is 79.2 Å². The van der Waals surface area contributed by atoms with E-state index in [0.29, 0.717) is 32.2 Å². The van der Waals surface area contributed by atoms with Crippen LogP contribution >= 0.6 is 0 Å². The van der Waals surface area contributed by atoms with E-state index in [4.69, 9.17) is 11.5 Å². The molecule has 0 aliphatic rings. The third-order valence-corrected chi connectivity index (χ3v) is 10.1. The molecule has 0 aromatic heterocycles. The maximum absolute atomic E-state index is 10.6. The van der Waals surface area contributed by atoms with Crippen LogP contribution in [0.4, 0.5) is 0 Å². The Balaban J connectivity index is 4.81. The van der Waals surface area contributed by atoms with Crippen LogP contribution in [0, 0.1) is 0 Å². The van der Waals surface area contributed by atoms with Crippen molar-refractivity contribution in [1.29, 1.82) is 0 Å². The van der Waals surface area contributed by atoms with Gasteiger partial charge in [0.05, 0.1) is 12.2 Å². The van der Waals surface area contributed by atoms with Gasteiger partial charge in [0.25, 0.3) is 0 Å². The first-order valence-electron chi connectivity index (χ1n) is 22.4. The van der Waals surface area contributed by atoms with Gasteiger partial charge in [0.2, 0.25) is 0 Å². The fourth-order valence-corrected chi connectivity index (χ4v) is 6.78. The summed E-state index contributed by atoms with van der Waals surface area (Å²) in [6.07, 6.45) is 48.4. The molecular weight excluding hydrogens is 641 g/mol. The molecule has 0 amide bonds. The summed E-state index contributed by atoms with van der Waals surface area (Å²) in [5.41, 5.74) is 11.7. The Kier molecular flexibility index (Phi) is 39.9. The zero-order chi connectivity index (χ0) is 38.2. The topological polar surface area (TPSA) is 99.0 Å². The second-order valence-electron chi connectivity index (χ2n) is 15.3. The Bertz CT molecular complexity index is 829. The van der Waals surface area contributed by atoms with Crippen LogP contribution in [0.15, 0.2) is 48.6 Å². The van der Waals surface area contributed by atoms with E-state index in [1.165, 1.54) is 128 Å². The van der Waals surface area contributed by atoms with Crippen LogP contribution in [0.5, 0.6) is 0 Å². The standard InChI is InChI=1S/C46H90N4O2/c1-4-7-10-13-15-17-18-19-20-21-22-23-24-26-29-32-37-49(42-45(51)40-47)38-33-34-39-50(43-46(52)41-48)44(35-30-27-12-9-6-3)36-31-28-25-16-14-11-8-5-2/h15-17,19-20,25,31,36,44-46,51-52H,4-14,18,21-24,26-30,32-35,37-43,47-48H2,1-3H3/b17-15-,20-19+,25-16-,36-31-. The Morgan fingerprint density at radius 1 is 0.462 bits per heavy atom. The van der Waals surface area contributed by atoms with Crippen LogP contribution in [0.2, 0.25) is 0 Å². The smallest absolute Gasteiger partial charge is 0.0789 e. The van der Waals surface area contributed by atoms with E-state index < -0.39 is 12.2 Å². The summed E-state index contributed by atoms with van der Waals surface area (Å²) in [6.45, 7) is 11.6. The van der Waals surface area contributed by atoms with Crippen molar-refractivity contribution in [1.82, 2.24) is 9.80 Å². The van der Waals surface area contributed by atoms with Gasteiger partial charge in [0, 0.05) is 32.2 Å². The second-order valence-corrected chi connectivity index (χ2v) is 15.3. The number of aliphatic hydroxyl groups is 2. The van der Waals surface area contributed by atoms with Crippen molar-refractivity contribution in [3.8, 4) is 0 Å². The van der Waals surface area contributed by atoms with Gasteiger partial charge in [-0.25, -0.2) is 0 Å². The van der Waals surface area contributed by atoms with Gasteiger partial charge in [0.1, 0.15) is 0 Å². The molecule has 306 valence electrons. The van der Waals surface area contributed by atoms with Crippen molar-refractivity contribution in [2.24, 2.45) is 11.5 Å². The minimum Gasteiger partial charge on any atom is -0.390 e. The summed E-state index contributed by atoms with van der Waals surface area (Å²) < 4.78 is 0. The molecule has 0 saturated heterocycles. The molecule has 0 fully saturated rings. The lowest BCUT2D eigenvalue weighted by atomic mass is 10.0. The van der Waals surface area contributed by atoms with Gasteiger partial charge in [-0.15, -0.1) is 0 Å². The minimum atomic E-state index is -0.505. The summed E-state index contributed by atoms with van der Waals surface area (Å²) in [5, 5.41) is 21.0. The molecule has 52 heavy (non-hydrogen) atoms. The number of allylic oxidation sites excluding steroid dienone is 7. The maximum atomic E-state index is 10.6. The van der Waals surface area contributed by atoms with E-state index in [1.54, 1.807) is 0 Å². The lowest BCUT2D eigenvalue weighted by Crippen LogP contribution is -2.43. The number of hydrogen-bond donors (Lipinski definition) is 4. The summed E-state index contributed by atoms with van der Waals surface area (Å²) in [5.74, 6) is 0. The zero-order valence-electron chi connectivity index (χ0n) is 34.9. The first-order valence-corrected chi connectivity index (χ1v) is 22.4. The molecule has 0 rings (SSSR count). The average molecular weight is 731 g/mol. The maximum Gasteiger partial charge on any atom is 0.0789 e. The van der Waals surface area contributed by atoms with Crippen molar-refractivity contribution < 1.29 is 10.2 Å². The molecule has 0 bridgehead atoms. The number of nitrogens with two attached hydrogens (primary N) is 2. The molecule has 0 heterocycles. The van der Waals surface area contributed by atoms with Crippen LogP contribution in [0.25, 0.3) is 0 Å². The second kappa shape index (κ2) is 40.9. The average Bonchev–Trinajstić information content (AvgIpc) is 3.15. The Labute approximate surface area is 324 Å². The monoisotopic (exact) mass is 731 g/mol. The van der Waals surface area contributed by atoms with Crippen LogP contribution in [0.1, 0.15) is 181 Å². The van der Waals surface area contributed by atoms with Gasteiger partial charge >= 0.3 is 0 Å². The summed E-state index contributed by atoms with van der Waals surface area (Å²) in [6, 6.07) is 0.324. The van der Waals surface area contributed by atoms with E-state index >= 15 is 0 Å². The summed E-state index contributed by atoms with van der Waals surface area (Å²) in [7, 11) is 0. The Morgan fingerprint density at radius 3 is 1.46 bits per heavy atom. The highest BCUT2D eigenvalue weighted by molar-refractivity contribution is 4.99. The third kappa shape index (κ3) is 34.5. The molecule has 6 nitrogen and oxygen atoms in total. The molecule has 6 heteroatoms. The molecule has 0 aromatic carbocycles. The third-order valence-electron chi connectivity index (χ3n) is 10.1. The molecule has 0 aliphatic heterocycles. The normalized spacial score (nSPS) is 14.4. The first kappa shape index (κ1) is 50.7. The molecule has 0 aliphatic carbocycles. The summed E-state index contributed by atoms with van der Waals surface area (Å²) in [4.78, 5) is 4.91. The highest BCUT2D eigenvalue weighted by atomic mass is 16.3. The number of nitrogens with zero attached hydrogens (tertiary/aromatic N) is 2. The van der Waals surface area contributed by atoms with Crippen LogP contribution in [0.3, 0.4) is 0 Å². The molecule has 0 aromatic rings. The van der Waals surface area contributed by atoms with E-state index in [-0.39, 0.29) is 0 Å². The van der Waals surface area contributed by atoms with Gasteiger partial charge in [-0.05, 0) is 96.7 Å². The Morgan fingerprint density at radius 2 is 0.885 bits per heavy atom. The van der Waals surface area contributed by atoms with E-state index in [1.807, 2.05) is 0 Å². The van der Waals surface area contributed by atoms with Crippen molar-refractivity contribution in [2.45, 2.75) is 200 Å². The van der Waals surface area contributed by atoms with Crippen molar-refractivity contribution in [3.05, 3.63) is 48.6 Å². The summed E-state index contributed by atoms with van der Waals surface area (Å²) >= 11 is 0. The predicted molar refractivity (Wildman–Crippen MR) is 231 cm³/mol. The highest BCUT2D eigenvalue weighted by Crippen LogP contribution is 2.16. The van der Waals surface area contributed by atoms with Crippen molar-refractivity contribution in [2.75, 3.05) is 45.8 Å². The lowest BCUT2D eigenvalue weighted by molar-refractivity contribution is 0.0950. The Hall–Kier alpha value is -1.28. The van der Waals surface area contributed by atoms with E-state index in [0.717, 1.165) is 51.7 Å². The lowest BCUT2D eigenvalue weighted by Gasteiger charge is -2.32. The predicted octanol–water partition coefficient (Wildman–Crippen LogP) is 10.6. The van der Waals surface area contributed by atoms with Crippen LogP contribution in [-0.2, 0) is 0 Å². The van der Waals surface area contributed by atoms with Crippen molar-refractivity contribution >= 4 is 0 Å². The van der Waals surface area contributed by atoms with Crippen molar-refractivity contribution in [3.63, 3.8) is 0 Å². The fourth-order valence-electron chi connectivity index (χ4n) is 6.78. The molecule has 6 N–H and O–H groups in total. The molecule has 3 unspecified atom stereocenters. The van der Waals surface area contributed by atoms with Gasteiger partial charge < -0.3 is 26.6 Å². The zero-order valence-corrected chi connectivity index (χ0v) is 34.9. The van der Waals surface area contributed by atoms with Gasteiger partial charge in [0.15, 0.2) is 0 Å². The molecule has 0 spiro atoms. The molecule has 3 atom stereocenters. The van der Waals surface area contributed by atoms with Gasteiger partial charge in [-0.3, -0.25) is 4.90 Å². The number of rotatable bonds is 40. The number of hydrogen-bond acceptors (Lipinski definition) is 6. The number of unbranched alkanes of at least 4 members (excludes halogenated alkanes) is 17. The SMILES string of the molecule is CCCCC/C=C\C/C=C\C(CCCCCCC)N(CCCCN(CCCCCCCC/C=C/C/C=C\CCCCC)CC(O)CN)CC(O)CN. The largest absolute Gasteiger partial charge is 0.390 e. The van der Waals surface area contributed by atoms with Crippen LogP contribution in [-0.4, -0.2) is 84.1 Å². The van der Waals surface area contributed by atoms with Gasteiger partial charge in [-0.1, -0.05) is 153 Å².